The van der Waals surface area contributed by atoms with E-state index < -0.39 is 0 Å². The summed E-state index contributed by atoms with van der Waals surface area (Å²) in [5.41, 5.74) is 0.739. The molecule has 0 radical (unpaired) electrons. The molecule has 19 heavy (non-hydrogen) atoms. The largest absolute Gasteiger partial charge is 0.366 e. The molecule has 1 saturated carbocycles. The molecule has 0 bridgehead atoms. The number of rotatable bonds is 3. The normalized spacial score (nSPS) is 21.7. The van der Waals surface area contributed by atoms with E-state index in [0.29, 0.717) is 17.2 Å². The molecule has 1 heterocycles. The first-order valence-corrected chi connectivity index (χ1v) is 6.82. The second kappa shape index (κ2) is 5.55. The van der Waals surface area contributed by atoms with E-state index in [1.807, 2.05) is 6.07 Å². The lowest BCUT2D eigenvalue weighted by Gasteiger charge is -2.35. The van der Waals surface area contributed by atoms with E-state index in [1.54, 1.807) is 13.1 Å². The molecule has 1 aliphatic carbocycles. The van der Waals surface area contributed by atoms with Crippen molar-refractivity contribution >= 4 is 11.7 Å². The van der Waals surface area contributed by atoms with Gasteiger partial charge < -0.3 is 10.6 Å². The Kier molecular flexibility index (Phi) is 4.02. The number of anilines is 1. The highest BCUT2D eigenvalue weighted by molar-refractivity contribution is 5.91. The van der Waals surface area contributed by atoms with E-state index in [0.717, 1.165) is 12.2 Å². The standard InChI is InChI=1S/C14H22N4O/c1-14(2)8-4-5-10(9-14)16-12-7-6-11(17-18-12)13(19)15-3/h6-7,10H,4-5,8-9H2,1-3H3,(H,15,19)(H,16,18). The zero-order chi connectivity index (χ0) is 13.9. The molecule has 104 valence electrons. The molecule has 1 unspecified atom stereocenters. The molecular formula is C14H22N4O. The van der Waals surface area contributed by atoms with Gasteiger partial charge in [-0.15, -0.1) is 10.2 Å². The Balaban J connectivity index is 1.98. The summed E-state index contributed by atoms with van der Waals surface area (Å²) in [6.45, 7) is 4.61. The lowest BCUT2D eigenvalue weighted by atomic mass is 9.75. The van der Waals surface area contributed by atoms with Gasteiger partial charge in [0.2, 0.25) is 0 Å². The van der Waals surface area contributed by atoms with Crippen LogP contribution < -0.4 is 10.6 Å². The average Bonchev–Trinajstić information content (AvgIpc) is 2.37. The number of amides is 1. The number of aromatic nitrogens is 2. The van der Waals surface area contributed by atoms with Gasteiger partial charge in [-0.25, -0.2) is 0 Å². The smallest absolute Gasteiger partial charge is 0.271 e. The van der Waals surface area contributed by atoms with Gasteiger partial charge in [0.25, 0.3) is 5.91 Å². The number of hydrogen-bond acceptors (Lipinski definition) is 4. The second-order valence-electron chi connectivity index (χ2n) is 5.98. The summed E-state index contributed by atoms with van der Waals surface area (Å²) in [5, 5.41) is 13.9. The first-order valence-electron chi connectivity index (χ1n) is 6.82. The number of carbonyl (C=O) groups excluding carboxylic acids is 1. The molecule has 2 N–H and O–H groups in total. The first kappa shape index (κ1) is 13.8. The van der Waals surface area contributed by atoms with Crippen molar-refractivity contribution in [1.29, 1.82) is 0 Å². The van der Waals surface area contributed by atoms with Gasteiger partial charge in [-0.05, 0) is 36.8 Å². The maximum atomic E-state index is 11.4. The Morgan fingerprint density at radius 3 is 2.74 bits per heavy atom. The van der Waals surface area contributed by atoms with Gasteiger partial charge in [0, 0.05) is 13.1 Å². The van der Waals surface area contributed by atoms with Crippen LogP contribution in [-0.4, -0.2) is 29.2 Å². The fraction of sp³-hybridized carbons (Fsp3) is 0.643. The maximum Gasteiger partial charge on any atom is 0.271 e. The van der Waals surface area contributed by atoms with E-state index in [2.05, 4.69) is 34.7 Å². The molecule has 1 aliphatic rings. The second-order valence-corrected chi connectivity index (χ2v) is 5.98. The molecule has 0 spiro atoms. The summed E-state index contributed by atoms with van der Waals surface area (Å²) in [5.74, 6) is 0.535. The van der Waals surface area contributed by atoms with Gasteiger partial charge in [-0.2, -0.15) is 0 Å². The fourth-order valence-corrected chi connectivity index (χ4v) is 2.69. The van der Waals surface area contributed by atoms with Crippen LogP contribution in [0.2, 0.25) is 0 Å². The maximum absolute atomic E-state index is 11.4. The highest BCUT2D eigenvalue weighted by Gasteiger charge is 2.28. The third kappa shape index (κ3) is 3.66. The van der Waals surface area contributed by atoms with Crippen LogP contribution in [0.4, 0.5) is 5.82 Å². The average molecular weight is 262 g/mol. The van der Waals surface area contributed by atoms with Gasteiger partial charge in [0.15, 0.2) is 5.69 Å². The van der Waals surface area contributed by atoms with Crippen LogP contribution in [0.5, 0.6) is 0 Å². The van der Waals surface area contributed by atoms with Gasteiger partial charge in [0.05, 0.1) is 0 Å². The highest BCUT2D eigenvalue weighted by Crippen LogP contribution is 2.36. The molecule has 1 amide bonds. The van der Waals surface area contributed by atoms with Crippen molar-refractivity contribution in [2.45, 2.75) is 45.6 Å². The van der Waals surface area contributed by atoms with Gasteiger partial charge in [-0.1, -0.05) is 20.3 Å². The monoisotopic (exact) mass is 262 g/mol. The molecule has 2 rings (SSSR count). The van der Waals surface area contributed by atoms with Crippen LogP contribution in [0, 0.1) is 5.41 Å². The molecule has 1 fully saturated rings. The summed E-state index contributed by atoms with van der Waals surface area (Å²) < 4.78 is 0. The van der Waals surface area contributed by atoms with Crippen molar-refractivity contribution in [3.63, 3.8) is 0 Å². The Morgan fingerprint density at radius 2 is 2.16 bits per heavy atom. The van der Waals surface area contributed by atoms with Crippen molar-refractivity contribution in [3.8, 4) is 0 Å². The quantitative estimate of drug-likeness (QED) is 0.876. The minimum Gasteiger partial charge on any atom is -0.366 e. The molecule has 0 aromatic carbocycles. The van der Waals surface area contributed by atoms with Gasteiger partial charge in [-0.3, -0.25) is 4.79 Å². The van der Waals surface area contributed by atoms with Crippen LogP contribution in [0.15, 0.2) is 12.1 Å². The molecule has 0 aliphatic heterocycles. The summed E-state index contributed by atoms with van der Waals surface area (Å²) in [4.78, 5) is 11.4. The van der Waals surface area contributed by atoms with Crippen LogP contribution in [0.1, 0.15) is 50.0 Å². The summed E-state index contributed by atoms with van der Waals surface area (Å²) >= 11 is 0. The van der Waals surface area contributed by atoms with Crippen LogP contribution >= 0.6 is 0 Å². The summed E-state index contributed by atoms with van der Waals surface area (Å²) in [6.07, 6.45) is 4.84. The van der Waals surface area contributed by atoms with Crippen molar-refractivity contribution in [2.75, 3.05) is 12.4 Å². The molecule has 5 heteroatoms. The highest BCUT2D eigenvalue weighted by atomic mass is 16.1. The Labute approximate surface area is 114 Å². The third-order valence-corrected chi connectivity index (χ3v) is 3.68. The molecule has 1 aromatic heterocycles. The number of hydrogen-bond donors (Lipinski definition) is 2. The van der Waals surface area contributed by atoms with E-state index >= 15 is 0 Å². The predicted octanol–water partition coefficient (Wildman–Crippen LogP) is 2.22. The van der Waals surface area contributed by atoms with Crippen molar-refractivity contribution in [3.05, 3.63) is 17.8 Å². The Morgan fingerprint density at radius 1 is 1.37 bits per heavy atom. The van der Waals surface area contributed by atoms with E-state index in [4.69, 9.17) is 0 Å². The number of nitrogens with zero attached hydrogens (tertiary/aromatic N) is 2. The van der Waals surface area contributed by atoms with Crippen molar-refractivity contribution < 1.29 is 4.79 Å². The Bertz CT molecular complexity index is 441. The van der Waals surface area contributed by atoms with Crippen LogP contribution in [-0.2, 0) is 0 Å². The predicted molar refractivity (Wildman–Crippen MR) is 75.1 cm³/mol. The zero-order valence-electron chi connectivity index (χ0n) is 11.9. The van der Waals surface area contributed by atoms with Crippen LogP contribution in [0.3, 0.4) is 0 Å². The minimum atomic E-state index is -0.210. The molecule has 1 aromatic rings. The van der Waals surface area contributed by atoms with Crippen molar-refractivity contribution in [1.82, 2.24) is 15.5 Å². The fourth-order valence-electron chi connectivity index (χ4n) is 2.69. The van der Waals surface area contributed by atoms with E-state index in [9.17, 15) is 4.79 Å². The Hall–Kier alpha value is -1.65. The summed E-state index contributed by atoms with van der Waals surface area (Å²) in [6, 6.07) is 3.96. The third-order valence-electron chi connectivity index (χ3n) is 3.68. The summed E-state index contributed by atoms with van der Waals surface area (Å²) in [7, 11) is 1.58. The first-order chi connectivity index (χ1) is 9.00. The number of carbonyl (C=O) groups is 1. The molecule has 1 atom stereocenters. The zero-order valence-corrected chi connectivity index (χ0v) is 11.9. The molecule has 5 nitrogen and oxygen atoms in total. The van der Waals surface area contributed by atoms with E-state index in [-0.39, 0.29) is 5.91 Å². The van der Waals surface area contributed by atoms with Gasteiger partial charge >= 0.3 is 0 Å². The minimum absolute atomic E-state index is 0.210. The molecular weight excluding hydrogens is 240 g/mol. The molecule has 0 saturated heterocycles. The topological polar surface area (TPSA) is 66.9 Å². The van der Waals surface area contributed by atoms with Gasteiger partial charge in [0.1, 0.15) is 5.82 Å². The number of nitrogens with one attached hydrogen (secondary N) is 2. The lowest BCUT2D eigenvalue weighted by molar-refractivity contribution is 0.0957. The SMILES string of the molecule is CNC(=O)c1ccc(NC2CCCC(C)(C)C2)nn1. The van der Waals surface area contributed by atoms with Crippen LogP contribution in [0.25, 0.3) is 0 Å². The van der Waals surface area contributed by atoms with E-state index in [1.165, 1.54) is 19.3 Å². The van der Waals surface area contributed by atoms with Crippen molar-refractivity contribution in [2.24, 2.45) is 5.41 Å². The lowest BCUT2D eigenvalue weighted by Crippen LogP contribution is -2.32.